The van der Waals surface area contributed by atoms with Crippen molar-refractivity contribution in [1.82, 2.24) is 10.9 Å². The number of rotatable bonds is 15. The Morgan fingerprint density at radius 3 is 2.34 bits per heavy atom. The molecule has 10 nitrogen and oxygen atoms in total. The first kappa shape index (κ1) is 36.4. The van der Waals surface area contributed by atoms with E-state index in [2.05, 4.69) is 10.9 Å². The molecule has 0 fully saturated rings. The molecule has 0 saturated carbocycles. The molecule has 1 aliphatic rings. The normalized spacial score (nSPS) is 17.5. The van der Waals surface area contributed by atoms with Gasteiger partial charge in [-0.2, -0.15) is 13.2 Å². The van der Waals surface area contributed by atoms with Gasteiger partial charge in [-0.25, -0.2) is 18.8 Å². The van der Waals surface area contributed by atoms with Gasteiger partial charge in [0.1, 0.15) is 11.5 Å². The molecule has 264 valence electrons. The van der Waals surface area contributed by atoms with Gasteiger partial charge in [-0.05, 0) is 71.8 Å². The fourth-order valence-electron chi connectivity index (χ4n) is 5.36. The van der Waals surface area contributed by atoms with Crippen LogP contribution in [0.15, 0.2) is 113 Å². The Hall–Kier alpha value is -4.92. The number of hydrogen-bond acceptors (Lipinski definition) is 9. The third kappa shape index (κ3) is 8.62. The van der Waals surface area contributed by atoms with Crippen molar-refractivity contribution in [3.05, 3.63) is 125 Å². The molecule has 4 aromatic rings. The highest BCUT2D eigenvalue weighted by atomic mass is 32.2. The van der Waals surface area contributed by atoms with Crippen LogP contribution in [0, 0.1) is 0 Å². The van der Waals surface area contributed by atoms with E-state index in [4.69, 9.17) is 24.3 Å². The molecule has 14 heteroatoms. The van der Waals surface area contributed by atoms with E-state index in [9.17, 15) is 26.4 Å². The predicted molar refractivity (Wildman–Crippen MR) is 179 cm³/mol. The number of benzene rings is 4. The van der Waals surface area contributed by atoms with Crippen LogP contribution >= 0.6 is 0 Å². The van der Waals surface area contributed by atoms with E-state index in [0.29, 0.717) is 41.2 Å². The maximum atomic E-state index is 14.3. The van der Waals surface area contributed by atoms with Crippen molar-refractivity contribution in [2.45, 2.75) is 42.1 Å². The van der Waals surface area contributed by atoms with Gasteiger partial charge in [-0.15, -0.1) is 0 Å². The van der Waals surface area contributed by atoms with Crippen LogP contribution in [-0.4, -0.2) is 56.9 Å². The first-order chi connectivity index (χ1) is 23.9. The molecule has 0 unspecified atom stereocenters. The van der Waals surface area contributed by atoms with Gasteiger partial charge < -0.3 is 19.3 Å². The molecule has 1 heterocycles. The Kier molecular flexibility index (Phi) is 11.5. The molecule has 2 atom stereocenters. The lowest BCUT2D eigenvalue weighted by Gasteiger charge is -2.30. The number of aliphatic hydroxyl groups excluding tert-OH is 1. The van der Waals surface area contributed by atoms with Crippen LogP contribution in [0.4, 0.5) is 13.2 Å². The monoisotopic (exact) mass is 711 g/mol. The lowest BCUT2D eigenvalue weighted by Crippen LogP contribution is -2.53. The summed E-state index contributed by atoms with van der Waals surface area (Å²) in [5.74, 6) is -0.109. The number of ether oxygens (including phenoxy) is 3. The molecule has 0 aliphatic carbocycles. The number of amides is 1. The molecule has 5 rings (SSSR count). The van der Waals surface area contributed by atoms with Crippen LogP contribution in [0.2, 0.25) is 0 Å². The van der Waals surface area contributed by atoms with Crippen molar-refractivity contribution >= 4 is 21.6 Å². The van der Waals surface area contributed by atoms with Crippen LogP contribution < -0.4 is 20.3 Å². The Balaban J connectivity index is 1.50. The van der Waals surface area contributed by atoms with Crippen molar-refractivity contribution in [2.75, 3.05) is 26.1 Å². The maximum absolute atomic E-state index is 14.3. The summed E-state index contributed by atoms with van der Waals surface area (Å²) in [7, 11) is -2.41. The number of halogens is 3. The number of methoxy groups -OCH3 is 1. The van der Waals surface area contributed by atoms with Crippen molar-refractivity contribution in [1.29, 1.82) is 0 Å². The van der Waals surface area contributed by atoms with Gasteiger partial charge in [-0.3, -0.25) is 10.2 Å². The van der Waals surface area contributed by atoms with E-state index in [1.54, 1.807) is 66.7 Å². The minimum atomic E-state index is -4.49. The zero-order valence-corrected chi connectivity index (χ0v) is 27.8. The van der Waals surface area contributed by atoms with E-state index in [0.717, 1.165) is 12.1 Å². The number of aliphatic hydroxyl groups is 1. The topological polar surface area (TPSA) is 136 Å². The smallest absolute Gasteiger partial charge is 0.416 e. The summed E-state index contributed by atoms with van der Waals surface area (Å²) in [5, 5.41) is 9.05. The van der Waals surface area contributed by atoms with Crippen molar-refractivity contribution < 1.29 is 45.7 Å². The van der Waals surface area contributed by atoms with Crippen LogP contribution in [-0.2, 0) is 32.1 Å². The molecule has 0 saturated heterocycles. The van der Waals surface area contributed by atoms with Gasteiger partial charge in [0, 0.05) is 31.6 Å². The summed E-state index contributed by atoms with van der Waals surface area (Å²) in [6, 6.07) is 25.9. The average molecular weight is 712 g/mol. The van der Waals surface area contributed by atoms with Gasteiger partial charge in [0.25, 0.3) is 5.91 Å². The largest absolute Gasteiger partial charge is 0.497 e. The third-order valence-corrected chi connectivity index (χ3v) is 9.79. The maximum Gasteiger partial charge on any atom is 0.416 e. The highest BCUT2D eigenvalue weighted by molar-refractivity contribution is 7.91. The number of alkyl halides is 3. The van der Waals surface area contributed by atoms with Crippen molar-refractivity contribution in [3.8, 4) is 11.5 Å². The second-order valence-corrected chi connectivity index (χ2v) is 13.6. The predicted octanol–water partition coefficient (Wildman–Crippen LogP) is 5.42. The standard InChI is InChI=1S/C36H36F3N3O7S/c1-47-30-8-5-7-27(23-30)32-35(19-22-50(45,46)31-9-3-2-4-10-31,34(44)42-40-24-25-11-15-28(16-12-25)36(37,38)39)41-33(49-32)26-13-17-29(18-14-26)48-21-6-20-43/h2-5,7-18,23,32,40,43H,6,19-22,24H2,1H3,(H,42,44)/t32-,35-/m0/s1. The Bertz CT molecular complexity index is 1890. The Labute approximate surface area is 287 Å². The first-order valence-electron chi connectivity index (χ1n) is 15.7. The number of nitrogens with zero attached hydrogens (tertiary/aromatic N) is 1. The van der Waals surface area contributed by atoms with Crippen molar-refractivity contribution in [2.24, 2.45) is 4.99 Å². The molecule has 0 spiro atoms. The Morgan fingerprint density at radius 2 is 1.68 bits per heavy atom. The lowest BCUT2D eigenvalue weighted by atomic mass is 9.85. The number of carbonyl (C=O) groups excluding carboxylic acids is 1. The van der Waals surface area contributed by atoms with Crippen LogP contribution in [0.3, 0.4) is 0 Å². The fraction of sp³-hybridized carbons (Fsp3) is 0.278. The highest BCUT2D eigenvalue weighted by Crippen LogP contribution is 2.44. The summed E-state index contributed by atoms with van der Waals surface area (Å²) in [5.41, 5.74) is 4.15. The van der Waals surface area contributed by atoms with Crippen LogP contribution in [0.5, 0.6) is 11.5 Å². The minimum absolute atomic E-state index is 0.0161. The summed E-state index contributed by atoms with van der Waals surface area (Å²) in [6.07, 6.45) is -5.46. The van der Waals surface area contributed by atoms with Crippen LogP contribution in [0.25, 0.3) is 0 Å². The third-order valence-electron chi connectivity index (χ3n) is 8.06. The number of nitrogens with one attached hydrogen (secondary N) is 2. The quantitative estimate of drug-likeness (QED) is 0.110. The van der Waals surface area contributed by atoms with Crippen LogP contribution in [0.1, 0.15) is 41.2 Å². The van der Waals surface area contributed by atoms with E-state index < -0.39 is 44.9 Å². The lowest BCUT2D eigenvalue weighted by molar-refractivity contribution is -0.137. The molecular weight excluding hydrogens is 675 g/mol. The first-order valence-corrected chi connectivity index (χ1v) is 17.3. The van der Waals surface area contributed by atoms with E-state index in [1.165, 1.54) is 31.4 Å². The Morgan fingerprint density at radius 1 is 0.960 bits per heavy atom. The molecule has 50 heavy (non-hydrogen) atoms. The molecule has 1 amide bonds. The highest BCUT2D eigenvalue weighted by Gasteiger charge is 2.54. The number of carbonyl (C=O) groups is 1. The average Bonchev–Trinajstić information content (AvgIpc) is 3.52. The van der Waals surface area contributed by atoms with E-state index >= 15 is 0 Å². The zero-order valence-electron chi connectivity index (χ0n) is 27.0. The minimum Gasteiger partial charge on any atom is -0.497 e. The number of aliphatic imine (C=N–C) groups is 1. The molecule has 0 radical (unpaired) electrons. The van der Waals surface area contributed by atoms with Gasteiger partial charge in [0.2, 0.25) is 5.90 Å². The van der Waals surface area contributed by atoms with E-state index in [-0.39, 0.29) is 30.4 Å². The summed E-state index contributed by atoms with van der Waals surface area (Å²) in [4.78, 5) is 19.2. The molecular formula is C36H36F3N3O7S. The summed E-state index contributed by atoms with van der Waals surface area (Å²) < 4.78 is 83.7. The molecule has 4 aromatic carbocycles. The van der Waals surface area contributed by atoms with Gasteiger partial charge in [0.15, 0.2) is 21.5 Å². The van der Waals surface area contributed by atoms with E-state index in [1.807, 2.05) is 0 Å². The fourth-order valence-corrected chi connectivity index (χ4v) is 6.74. The molecule has 0 bridgehead atoms. The second kappa shape index (κ2) is 15.7. The summed E-state index contributed by atoms with van der Waals surface area (Å²) in [6.45, 7) is 0.253. The van der Waals surface area contributed by atoms with Gasteiger partial charge in [-0.1, -0.05) is 42.5 Å². The molecule has 3 N–H and O–H groups in total. The zero-order chi connectivity index (χ0) is 35.8. The number of sulfone groups is 1. The SMILES string of the molecule is COc1cccc([C@@H]2OC(c3ccc(OCCCO)cc3)=N[C@]2(CCS(=O)(=O)c2ccccc2)C(=O)NNCc2ccc(C(F)(F)F)cc2)c1. The van der Waals surface area contributed by atoms with Crippen molar-refractivity contribution in [3.63, 3.8) is 0 Å². The number of hydrazine groups is 1. The van der Waals surface area contributed by atoms with Gasteiger partial charge in [0.05, 0.1) is 29.9 Å². The number of hydrogen-bond donors (Lipinski definition) is 3. The molecule has 0 aromatic heterocycles. The summed E-state index contributed by atoms with van der Waals surface area (Å²) >= 11 is 0. The van der Waals surface area contributed by atoms with Gasteiger partial charge >= 0.3 is 6.18 Å². The molecule has 1 aliphatic heterocycles. The second-order valence-electron chi connectivity index (χ2n) is 11.4.